The molecule has 0 unspecified atom stereocenters. The van der Waals surface area contributed by atoms with E-state index in [-0.39, 0.29) is 18.0 Å². The summed E-state index contributed by atoms with van der Waals surface area (Å²) in [6, 6.07) is 16.8. The van der Waals surface area contributed by atoms with Crippen molar-refractivity contribution < 1.29 is 9.53 Å². The van der Waals surface area contributed by atoms with Gasteiger partial charge in [-0.05, 0) is 19.1 Å². The van der Waals surface area contributed by atoms with E-state index in [4.69, 9.17) is 4.74 Å². The van der Waals surface area contributed by atoms with Crippen LogP contribution >= 0.6 is 11.3 Å². The first-order valence-electron chi connectivity index (χ1n) is 9.57. The fourth-order valence-electron chi connectivity index (χ4n) is 3.09. The number of ether oxygens (including phenoxy) is 1. The average molecular weight is 433 g/mol. The highest BCUT2D eigenvalue weighted by Gasteiger charge is 2.16. The molecule has 2 heterocycles. The van der Waals surface area contributed by atoms with Crippen molar-refractivity contribution >= 4 is 22.9 Å². The van der Waals surface area contributed by atoms with Crippen LogP contribution in [0.1, 0.15) is 5.82 Å². The van der Waals surface area contributed by atoms with Gasteiger partial charge in [-0.15, -0.1) is 11.3 Å². The number of nitrogens with one attached hydrogen (secondary N) is 1. The predicted molar refractivity (Wildman–Crippen MR) is 121 cm³/mol. The summed E-state index contributed by atoms with van der Waals surface area (Å²) in [5.74, 6) is 0.753. The number of carbonyl (C=O) groups excluding carboxylic acids is 1. The minimum atomic E-state index is -0.332. The van der Waals surface area contributed by atoms with E-state index >= 15 is 0 Å². The number of hydrogen-bond acceptors (Lipinski definition) is 6. The van der Waals surface area contributed by atoms with Crippen LogP contribution in [-0.4, -0.2) is 27.6 Å². The van der Waals surface area contributed by atoms with E-state index in [0.29, 0.717) is 27.8 Å². The van der Waals surface area contributed by atoms with Gasteiger partial charge in [-0.3, -0.25) is 14.2 Å². The zero-order valence-electron chi connectivity index (χ0n) is 17.0. The molecule has 0 aliphatic carbocycles. The van der Waals surface area contributed by atoms with Crippen LogP contribution in [0, 0.1) is 6.92 Å². The third kappa shape index (κ3) is 4.54. The number of thiazole rings is 1. The summed E-state index contributed by atoms with van der Waals surface area (Å²) < 4.78 is 6.52. The molecule has 31 heavy (non-hydrogen) atoms. The monoisotopic (exact) mass is 432 g/mol. The maximum Gasteiger partial charge on any atom is 0.264 e. The molecule has 1 N–H and O–H groups in total. The third-order valence-electron chi connectivity index (χ3n) is 4.71. The first-order valence-corrected chi connectivity index (χ1v) is 10.4. The summed E-state index contributed by atoms with van der Waals surface area (Å²) in [7, 11) is 1.56. The van der Waals surface area contributed by atoms with Gasteiger partial charge in [0, 0.05) is 28.9 Å². The van der Waals surface area contributed by atoms with Crippen LogP contribution in [0.3, 0.4) is 0 Å². The molecule has 0 fully saturated rings. The van der Waals surface area contributed by atoms with Crippen LogP contribution in [0.25, 0.3) is 21.8 Å². The van der Waals surface area contributed by atoms with Crippen molar-refractivity contribution in [2.24, 2.45) is 0 Å². The number of carbonyl (C=O) groups is 1. The second-order valence-electron chi connectivity index (χ2n) is 6.79. The molecular formula is C23H20N4O3S. The van der Waals surface area contributed by atoms with Gasteiger partial charge < -0.3 is 10.1 Å². The van der Waals surface area contributed by atoms with E-state index in [1.54, 1.807) is 38.3 Å². The van der Waals surface area contributed by atoms with Crippen molar-refractivity contribution in [2.45, 2.75) is 13.5 Å². The number of aromatic nitrogens is 3. The molecule has 0 aliphatic rings. The number of amides is 1. The van der Waals surface area contributed by atoms with Crippen molar-refractivity contribution in [1.29, 1.82) is 0 Å². The van der Waals surface area contributed by atoms with Crippen LogP contribution < -0.4 is 15.6 Å². The summed E-state index contributed by atoms with van der Waals surface area (Å²) in [5, 5.41) is 5.26. The number of hydrogen-bond donors (Lipinski definition) is 1. The fraction of sp³-hybridized carbons (Fsp3) is 0.130. The lowest BCUT2D eigenvalue weighted by atomic mass is 10.2. The molecule has 4 rings (SSSR count). The zero-order valence-corrected chi connectivity index (χ0v) is 17.8. The maximum atomic E-state index is 13.1. The molecule has 8 heteroatoms. The molecule has 2 aromatic heterocycles. The van der Waals surface area contributed by atoms with E-state index in [2.05, 4.69) is 15.3 Å². The largest absolute Gasteiger partial charge is 0.497 e. The van der Waals surface area contributed by atoms with Gasteiger partial charge in [0.05, 0.1) is 18.4 Å². The minimum Gasteiger partial charge on any atom is -0.497 e. The van der Waals surface area contributed by atoms with Gasteiger partial charge in [0.2, 0.25) is 5.91 Å². The molecule has 1 amide bonds. The van der Waals surface area contributed by atoms with Crippen molar-refractivity contribution in [3.8, 4) is 27.6 Å². The molecule has 0 spiro atoms. The van der Waals surface area contributed by atoms with Gasteiger partial charge in [0.1, 0.15) is 23.1 Å². The van der Waals surface area contributed by atoms with Crippen LogP contribution in [-0.2, 0) is 11.3 Å². The Hall–Kier alpha value is -3.78. The van der Waals surface area contributed by atoms with Gasteiger partial charge in [0.25, 0.3) is 5.56 Å². The first-order chi connectivity index (χ1) is 15.0. The predicted octanol–water partition coefficient (Wildman–Crippen LogP) is 3.99. The highest BCUT2D eigenvalue weighted by Crippen LogP contribution is 2.26. The molecule has 156 valence electrons. The molecule has 0 bridgehead atoms. The van der Waals surface area contributed by atoms with Crippen molar-refractivity contribution in [2.75, 3.05) is 12.4 Å². The summed E-state index contributed by atoms with van der Waals surface area (Å²) in [6.07, 6.45) is 1.52. The molecule has 0 atom stereocenters. The van der Waals surface area contributed by atoms with Crippen LogP contribution in [0.15, 0.2) is 71.0 Å². The standard InChI is InChI=1S/C23H20N4O3S/c1-15-24-12-19(22-26-20(14-31-22)16-7-4-3-5-8-16)23(29)27(15)13-21(28)25-17-9-6-10-18(11-17)30-2/h3-12,14H,13H2,1-2H3,(H,25,28). The van der Waals surface area contributed by atoms with Gasteiger partial charge in [-0.2, -0.15) is 0 Å². The maximum absolute atomic E-state index is 13.1. The molecule has 0 aliphatic heterocycles. The number of rotatable bonds is 6. The van der Waals surface area contributed by atoms with Gasteiger partial charge in [-0.1, -0.05) is 36.4 Å². The minimum absolute atomic E-state index is 0.153. The SMILES string of the molecule is COc1cccc(NC(=O)Cn2c(C)ncc(-c3nc(-c4ccccc4)cs3)c2=O)c1. The highest BCUT2D eigenvalue weighted by molar-refractivity contribution is 7.13. The Kier molecular flexibility index (Phi) is 5.90. The Morgan fingerprint density at radius 2 is 1.97 bits per heavy atom. The Labute approximate surface area is 183 Å². The van der Waals surface area contributed by atoms with Crippen LogP contribution in [0.4, 0.5) is 5.69 Å². The Balaban J connectivity index is 1.59. The van der Waals surface area contributed by atoms with Crippen molar-refractivity contribution in [3.63, 3.8) is 0 Å². The molecule has 4 aromatic rings. The van der Waals surface area contributed by atoms with Crippen LogP contribution in [0.5, 0.6) is 5.75 Å². The molecule has 0 saturated heterocycles. The zero-order chi connectivity index (χ0) is 21.8. The summed E-state index contributed by atoms with van der Waals surface area (Å²) >= 11 is 1.37. The van der Waals surface area contributed by atoms with Crippen molar-refractivity contribution in [3.05, 3.63) is 82.4 Å². The molecule has 0 saturated carbocycles. The Morgan fingerprint density at radius 1 is 1.16 bits per heavy atom. The summed E-state index contributed by atoms with van der Waals surface area (Å²) in [6.45, 7) is 1.54. The second-order valence-corrected chi connectivity index (χ2v) is 7.65. The summed E-state index contributed by atoms with van der Waals surface area (Å²) in [4.78, 5) is 34.6. The number of nitrogens with zero attached hydrogens (tertiary/aromatic N) is 3. The number of benzene rings is 2. The van der Waals surface area contributed by atoms with Gasteiger partial charge >= 0.3 is 0 Å². The lowest BCUT2D eigenvalue weighted by Crippen LogP contribution is -2.30. The molecule has 0 radical (unpaired) electrons. The number of methoxy groups -OCH3 is 1. The fourth-order valence-corrected chi connectivity index (χ4v) is 3.92. The van der Waals surface area contributed by atoms with E-state index in [0.717, 1.165) is 11.3 Å². The van der Waals surface area contributed by atoms with Gasteiger partial charge in [-0.25, -0.2) is 9.97 Å². The highest BCUT2D eigenvalue weighted by atomic mass is 32.1. The summed E-state index contributed by atoms with van der Waals surface area (Å²) in [5.41, 5.74) is 2.42. The lowest BCUT2D eigenvalue weighted by Gasteiger charge is -2.11. The topological polar surface area (TPSA) is 86.1 Å². The third-order valence-corrected chi connectivity index (χ3v) is 5.58. The van der Waals surface area contributed by atoms with Crippen LogP contribution in [0.2, 0.25) is 0 Å². The second kappa shape index (κ2) is 8.93. The normalized spacial score (nSPS) is 10.6. The lowest BCUT2D eigenvalue weighted by molar-refractivity contribution is -0.116. The Bertz CT molecular complexity index is 1280. The molecular weight excluding hydrogens is 412 g/mol. The average Bonchev–Trinajstić information content (AvgIpc) is 3.27. The smallest absolute Gasteiger partial charge is 0.264 e. The van der Waals surface area contributed by atoms with Crippen molar-refractivity contribution in [1.82, 2.24) is 14.5 Å². The number of aryl methyl sites for hydroxylation is 1. The molecule has 2 aromatic carbocycles. The molecule has 7 nitrogen and oxygen atoms in total. The first kappa shape index (κ1) is 20.5. The van der Waals surface area contributed by atoms with E-state index in [1.165, 1.54) is 22.1 Å². The van der Waals surface area contributed by atoms with E-state index in [9.17, 15) is 9.59 Å². The van der Waals surface area contributed by atoms with E-state index in [1.807, 2.05) is 35.7 Å². The number of anilines is 1. The Morgan fingerprint density at radius 3 is 2.74 bits per heavy atom. The van der Waals surface area contributed by atoms with E-state index < -0.39 is 0 Å². The van der Waals surface area contributed by atoms with Gasteiger partial charge in [0.15, 0.2) is 0 Å². The quantitative estimate of drug-likeness (QED) is 0.498.